The molecule has 2 aromatic heterocycles. The molecule has 0 fully saturated rings. The molecule has 0 spiro atoms. The molecule has 5 nitrogen and oxygen atoms in total. The number of fused-ring (bicyclic) bond motifs is 1. The van der Waals surface area contributed by atoms with E-state index in [1.54, 1.807) is 38.3 Å². The average Bonchev–Trinajstić information content (AvgIpc) is 3.19. The van der Waals surface area contributed by atoms with Gasteiger partial charge in [0.1, 0.15) is 17.5 Å². The van der Waals surface area contributed by atoms with Crippen molar-refractivity contribution in [2.45, 2.75) is 76.3 Å². The Kier molecular flexibility index (Phi) is 6.75. The van der Waals surface area contributed by atoms with E-state index in [1.807, 2.05) is 39.0 Å². The van der Waals surface area contributed by atoms with E-state index in [1.165, 1.54) is 10.5 Å². The second-order valence-electron chi connectivity index (χ2n) is 10.5. The summed E-state index contributed by atoms with van der Waals surface area (Å²) in [6, 6.07) is 2.44. The quantitative estimate of drug-likeness (QED) is 0.444. The molecule has 9 heteroatoms. The summed E-state index contributed by atoms with van der Waals surface area (Å²) < 4.78 is 74.1. The molecule has 2 aromatic rings. The second kappa shape index (κ2) is 9.25. The van der Waals surface area contributed by atoms with E-state index in [0.717, 1.165) is 6.07 Å². The largest absolute Gasteiger partial charge is 0.486 e. The molecular formula is C27H31F3N2O3S. The smallest absolute Gasteiger partial charge is 0.419 e. The van der Waals surface area contributed by atoms with Gasteiger partial charge in [0.05, 0.1) is 27.1 Å². The number of ether oxygens (including phenoxy) is 1. The van der Waals surface area contributed by atoms with Gasteiger partial charge in [0.15, 0.2) is 9.84 Å². The maximum atomic E-state index is 13.7. The molecule has 0 amide bonds. The molecule has 2 aliphatic rings. The molecular weight excluding hydrogens is 489 g/mol. The zero-order valence-electron chi connectivity index (χ0n) is 21.0. The third kappa shape index (κ3) is 5.03. The third-order valence-corrected chi connectivity index (χ3v) is 8.50. The fourth-order valence-electron chi connectivity index (χ4n) is 4.48. The van der Waals surface area contributed by atoms with Gasteiger partial charge in [0.2, 0.25) is 0 Å². The molecule has 0 bridgehead atoms. The van der Waals surface area contributed by atoms with Crippen molar-refractivity contribution in [1.82, 2.24) is 9.38 Å². The SMILES string of the molecule is CC(C)S(=O)(=O)C1=CC(OC2=CC(c3c(C(C)(C)C)nc4c(C(F)(F)F)cccn34)CC=C2)CC=C1. The lowest BCUT2D eigenvalue weighted by atomic mass is 9.85. The highest BCUT2D eigenvalue weighted by molar-refractivity contribution is 7.96. The molecule has 0 aliphatic heterocycles. The lowest BCUT2D eigenvalue weighted by molar-refractivity contribution is -0.136. The normalized spacial score (nSPS) is 21.1. The lowest BCUT2D eigenvalue weighted by Gasteiger charge is -2.25. The molecule has 36 heavy (non-hydrogen) atoms. The summed E-state index contributed by atoms with van der Waals surface area (Å²) in [6.45, 7) is 9.07. The van der Waals surface area contributed by atoms with Crippen LogP contribution in [0.1, 0.15) is 70.3 Å². The second-order valence-corrected chi connectivity index (χ2v) is 13.0. The van der Waals surface area contributed by atoms with Crippen molar-refractivity contribution in [3.63, 3.8) is 0 Å². The first-order chi connectivity index (χ1) is 16.7. The van der Waals surface area contributed by atoms with Crippen LogP contribution in [0.4, 0.5) is 13.2 Å². The zero-order valence-corrected chi connectivity index (χ0v) is 21.8. The molecule has 0 N–H and O–H groups in total. The standard InChI is InChI=1S/C27H31F3N2O3S/c1-17(2)36(33,34)21-12-7-11-20(16-21)35-19-10-6-9-18(15-19)23-24(26(3,4)5)31-25-22(27(28,29)30)13-8-14-32(23)25/h6-8,10,12-18,20H,9,11H2,1-5H3. The summed E-state index contributed by atoms with van der Waals surface area (Å²) in [5, 5.41) is -0.544. The molecule has 2 heterocycles. The highest BCUT2D eigenvalue weighted by Gasteiger charge is 2.37. The first-order valence-electron chi connectivity index (χ1n) is 12.0. The number of aromatic nitrogens is 2. The maximum absolute atomic E-state index is 13.7. The van der Waals surface area contributed by atoms with Gasteiger partial charge in [0.25, 0.3) is 0 Å². The van der Waals surface area contributed by atoms with Crippen molar-refractivity contribution in [1.29, 1.82) is 0 Å². The van der Waals surface area contributed by atoms with E-state index in [9.17, 15) is 21.6 Å². The van der Waals surface area contributed by atoms with Crippen LogP contribution in [0, 0.1) is 0 Å². The van der Waals surface area contributed by atoms with E-state index >= 15 is 0 Å². The van der Waals surface area contributed by atoms with Crippen molar-refractivity contribution in [3.8, 4) is 0 Å². The van der Waals surface area contributed by atoms with Crippen LogP contribution in [0.15, 0.2) is 65.4 Å². The van der Waals surface area contributed by atoms with Gasteiger partial charge < -0.3 is 9.14 Å². The topological polar surface area (TPSA) is 60.7 Å². The Hall–Kier alpha value is -2.81. The van der Waals surface area contributed by atoms with Gasteiger partial charge in [-0.2, -0.15) is 13.2 Å². The predicted octanol–water partition coefficient (Wildman–Crippen LogP) is 6.63. The molecule has 194 valence electrons. The van der Waals surface area contributed by atoms with Crippen molar-refractivity contribution in [2.24, 2.45) is 0 Å². The number of allylic oxidation sites excluding steroid dienone is 4. The van der Waals surface area contributed by atoms with Gasteiger partial charge >= 0.3 is 6.18 Å². The van der Waals surface area contributed by atoms with Gasteiger partial charge in [-0.3, -0.25) is 0 Å². The van der Waals surface area contributed by atoms with E-state index in [4.69, 9.17) is 4.74 Å². The summed E-state index contributed by atoms with van der Waals surface area (Å²) in [5.41, 5.74) is -0.0834. The van der Waals surface area contributed by atoms with E-state index in [2.05, 4.69) is 4.98 Å². The minimum absolute atomic E-state index is 0.112. The van der Waals surface area contributed by atoms with Gasteiger partial charge in [-0.1, -0.05) is 32.9 Å². The molecule has 0 radical (unpaired) electrons. The van der Waals surface area contributed by atoms with Gasteiger partial charge in [-0.15, -0.1) is 0 Å². The number of halogens is 3. The fourth-order valence-corrected chi connectivity index (χ4v) is 5.65. The summed E-state index contributed by atoms with van der Waals surface area (Å²) >= 11 is 0. The highest BCUT2D eigenvalue weighted by Crippen LogP contribution is 2.39. The Morgan fingerprint density at radius 3 is 2.42 bits per heavy atom. The number of imidazole rings is 1. The van der Waals surface area contributed by atoms with Crippen molar-refractivity contribution >= 4 is 15.5 Å². The van der Waals surface area contributed by atoms with Crippen LogP contribution in [-0.2, 0) is 26.2 Å². The van der Waals surface area contributed by atoms with Crippen molar-refractivity contribution < 1.29 is 26.3 Å². The number of hydrogen-bond donors (Lipinski definition) is 0. The number of pyridine rings is 1. The number of rotatable bonds is 5. The fraction of sp³-hybridized carbons (Fsp3) is 0.444. The number of nitrogens with zero attached hydrogens (tertiary/aromatic N) is 2. The Morgan fingerprint density at radius 2 is 1.78 bits per heavy atom. The van der Waals surface area contributed by atoms with Crippen LogP contribution < -0.4 is 0 Å². The number of sulfone groups is 1. The van der Waals surface area contributed by atoms with Crippen LogP contribution in [0.5, 0.6) is 0 Å². The first-order valence-corrected chi connectivity index (χ1v) is 13.5. The van der Waals surface area contributed by atoms with Gasteiger partial charge in [-0.05, 0) is 56.7 Å². The van der Waals surface area contributed by atoms with Crippen LogP contribution >= 0.6 is 0 Å². The van der Waals surface area contributed by atoms with Gasteiger partial charge in [-0.25, -0.2) is 13.4 Å². The molecule has 2 atom stereocenters. The summed E-state index contributed by atoms with van der Waals surface area (Å²) in [7, 11) is -3.43. The Morgan fingerprint density at radius 1 is 1.08 bits per heavy atom. The minimum atomic E-state index is -4.52. The van der Waals surface area contributed by atoms with Crippen molar-refractivity contribution in [2.75, 3.05) is 0 Å². The molecule has 4 rings (SSSR count). The monoisotopic (exact) mass is 520 g/mol. The van der Waals surface area contributed by atoms with Gasteiger partial charge in [0, 0.05) is 24.0 Å². The molecule has 0 saturated carbocycles. The van der Waals surface area contributed by atoms with E-state index < -0.39 is 38.3 Å². The Balaban J connectivity index is 1.73. The third-order valence-electron chi connectivity index (χ3n) is 6.33. The Bertz CT molecular complexity index is 1390. The molecule has 2 unspecified atom stereocenters. The van der Waals surface area contributed by atoms with E-state index in [0.29, 0.717) is 30.0 Å². The summed E-state index contributed by atoms with van der Waals surface area (Å²) in [4.78, 5) is 4.72. The van der Waals surface area contributed by atoms with Crippen LogP contribution in [0.25, 0.3) is 5.65 Å². The summed E-state index contributed by atoms with van der Waals surface area (Å²) in [6.07, 6.45) is 8.37. The van der Waals surface area contributed by atoms with Crippen LogP contribution in [-0.4, -0.2) is 29.2 Å². The van der Waals surface area contributed by atoms with E-state index in [-0.39, 0.29) is 16.5 Å². The van der Waals surface area contributed by atoms with Crippen LogP contribution in [0.2, 0.25) is 0 Å². The highest BCUT2D eigenvalue weighted by atomic mass is 32.2. The van der Waals surface area contributed by atoms with Crippen LogP contribution in [0.3, 0.4) is 0 Å². The molecule has 0 aromatic carbocycles. The van der Waals surface area contributed by atoms with Crippen molar-refractivity contribution in [3.05, 3.63) is 82.4 Å². The predicted molar refractivity (Wildman–Crippen MR) is 134 cm³/mol. The summed E-state index contributed by atoms with van der Waals surface area (Å²) in [5.74, 6) is 0.283. The Labute approximate surface area is 210 Å². The lowest BCUT2D eigenvalue weighted by Crippen LogP contribution is -2.20. The number of hydrogen-bond acceptors (Lipinski definition) is 4. The average molecular weight is 521 g/mol. The molecule has 0 saturated heterocycles. The first kappa shape index (κ1) is 26.3. The zero-order chi connectivity index (χ0) is 26.5. The number of alkyl halides is 3. The molecule has 2 aliphatic carbocycles. The maximum Gasteiger partial charge on any atom is 0.419 e. The minimum Gasteiger partial charge on any atom is -0.486 e.